The Hall–Kier alpha value is -2.29. The summed E-state index contributed by atoms with van der Waals surface area (Å²) >= 11 is 0. The Kier molecular flexibility index (Phi) is 4.41. The van der Waals surface area contributed by atoms with Gasteiger partial charge in [-0.3, -0.25) is 4.79 Å². The smallest absolute Gasteiger partial charge is 0.304 e. The molecule has 0 aliphatic rings. The molecular weight excluding hydrogens is 252 g/mol. The van der Waals surface area contributed by atoms with Gasteiger partial charge in [-0.05, 0) is 30.2 Å². The van der Waals surface area contributed by atoms with Crippen molar-refractivity contribution < 1.29 is 14.6 Å². The molecule has 0 spiro atoms. The molecule has 104 valence electrons. The molecule has 0 aromatic heterocycles. The molecule has 2 rings (SSSR count). The van der Waals surface area contributed by atoms with Gasteiger partial charge in [0.25, 0.3) is 0 Å². The minimum atomic E-state index is -0.807. The third-order valence-electron chi connectivity index (χ3n) is 3.35. The highest BCUT2D eigenvalue weighted by Gasteiger charge is 2.18. The molecule has 3 heteroatoms. The molecule has 3 nitrogen and oxygen atoms in total. The van der Waals surface area contributed by atoms with Crippen molar-refractivity contribution in [3.8, 4) is 5.75 Å². The molecule has 0 fully saturated rings. The van der Waals surface area contributed by atoms with Crippen LogP contribution in [-0.4, -0.2) is 18.2 Å². The average molecular weight is 270 g/mol. The first-order valence-electron chi connectivity index (χ1n) is 6.52. The average Bonchev–Trinajstić information content (AvgIpc) is 2.46. The van der Waals surface area contributed by atoms with Gasteiger partial charge in [0.15, 0.2) is 0 Å². The lowest BCUT2D eigenvalue weighted by atomic mass is 9.88. The van der Waals surface area contributed by atoms with Gasteiger partial charge in [-0.25, -0.2) is 0 Å². The molecule has 1 atom stereocenters. The fourth-order valence-corrected chi connectivity index (χ4v) is 2.26. The van der Waals surface area contributed by atoms with Crippen LogP contribution in [0, 0.1) is 6.92 Å². The summed E-state index contributed by atoms with van der Waals surface area (Å²) in [5.74, 6) is -0.230. The molecule has 1 unspecified atom stereocenters. The number of hydrogen-bond acceptors (Lipinski definition) is 2. The molecular formula is C17H18O3. The highest BCUT2D eigenvalue weighted by atomic mass is 16.5. The van der Waals surface area contributed by atoms with Crippen molar-refractivity contribution in [3.05, 3.63) is 65.2 Å². The second kappa shape index (κ2) is 6.24. The SMILES string of the molecule is COc1cccc(C(CC(=O)O)c2ccc(C)cc2)c1. The van der Waals surface area contributed by atoms with Crippen molar-refractivity contribution in [3.63, 3.8) is 0 Å². The Bertz CT molecular complexity index is 587. The van der Waals surface area contributed by atoms with Gasteiger partial charge in [0, 0.05) is 5.92 Å². The minimum absolute atomic E-state index is 0.0657. The van der Waals surface area contributed by atoms with Crippen LogP contribution >= 0.6 is 0 Å². The van der Waals surface area contributed by atoms with Gasteiger partial charge < -0.3 is 9.84 Å². The molecule has 0 heterocycles. The van der Waals surface area contributed by atoms with Gasteiger partial charge in [0.2, 0.25) is 0 Å². The van der Waals surface area contributed by atoms with E-state index in [4.69, 9.17) is 9.84 Å². The highest BCUT2D eigenvalue weighted by molar-refractivity contribution is 5.69. The van der Waals surface area contributed by atoms with Crippen molar-refractivity contribution in [1.29, 1.82) is 0 Å². The topological polar surface area (TPSA) is 46.5 Å². The number of carboxylic acids is 1. The van der Waals surface area contributed by atoms with E-state index in [0.717, 1.165) is 22.4 Å². The Morgan fingerprint density at radius 3 is 2.45 bits per heavy atom. The normalized spacial score (nSPS) is 11.9. The van der Waals surface area contributed by atoms with Gasteiger partial charge in [0.1, 0.15) is 5.75 Å². The van der Waals surface area contributed by atoms with E-state index >= 15 is 0 Å². The molecule has 20 heavy (non-hydrogen) atoms. The molecule has 0 aliphatic carbocycles. The van der Waals surface area contributed by atoms with Gasteiger partial charge in [0.05, 0.1) is 13.5 Å². The number of aryl methyl sites for hydroxylation is 1. The quantitative estimate of drug-likeness (QED) is 0.902. The summed E-state index contributed by atoms with van der Waals surface area (Å²) in [7, 11) is 1.61. The molecule has 2 aromatic rings. The Balaban J connectivity index is 2.40. The first-order valence-corrected chi connectivity index (χ1v) is 6.52. The van der Waals surface area contributed by atoms with E-state index in [2.05, 4.69) is 0 Å². The summed E-state index contributed by atoms with van der Waals surface area (Å²) in [4.78, 5) is 11.1. The lowest BCUT2D eigenvalue weighted by Crippen LogP contribution is -2.08. The van der Waals surface area contributed by atoms with Crippen molar-refractivity contribution >= 4 is 5.97 Å². The van der Waals surface area contributed by atoms with Crippen molar-refractivity contribution in [2.75, 3.05) is 7.11 Å². The van der Waals surface area contributed by atoms with E-state index in [1.165, 1.54) is 0 Å². The fourth-order valence-electron chi connectivity index (χ4n) is 2.26. The second-order valence-electron chi connectivity index (χ2n) is 4.84. The summed E-state index contributed by atoms with van der Waals surface area (Å²) in [5, 5.41) is 9.16. The second-order valence-corrected chi connectivity index (χ2v) is 4.84. The molecule has 0 amide bonds. The number of carboxylic acid groups (broad SMARTS) is 1. The van der Waals surface area contributed by atoms with E-state index in [-0.39, 0.29) is 12.3 Å². The summed E-state index contributed by atoms with van der Waals surface area (Å²) in [6.07, 6.45) is 0.0657. The zero-order chi connectivity index (χ0) is 14.5. The molecule has 0 radical (unpaired) electrons. The summed E-state index contributed by atoms with van der Waals surface area (Å²) in [5.41, 5.74) is 3.12. The van der Waals surface area contributed by atoms with Crippen LogP contribution in [0.15, 0.2) is 48.5 Å². The Morgan fingerprint density at radius 1 is 1.15 bits per heavy atom. The first-order chi connectivity index (χ1) is 9.60. The molecule has 0 bridgehead atoms. The van der Waals surface area contributed by atoms with E-state index in [9.17, 15) is 4.79 Å². The Morgan fingerprint density at radius 2 is 1.85 bits per heavy atom. The van der Waals surface area contributed by atoms with Gasteiger partial charge in [-0.2, -0.15) is 0 Å². The number of carbonyl (C=O) groups is 1. The minimum Gasteiger partial charge on any atom is -0.497 e. The monoisotopic (exact) mass is 270 g/mol. The van der Waals surface area contributed by atoms with E-state index in [1.807, 2.05) is 55.5 Å². The summed E-state index contributed by atoms with van der Waals surface area (Å²) in [6, 6.07) is 15.6. The molecule has 0 saturated heterocycles. The van der Waals surface area contributed by atoms with Crippen LogP contribution in [0.3, 0.4) is 0 Å². The summed E-state index contributed by atoms with van der Waals surface area (Å²) in [6.45, 7) is 2.02. The van der Waals surface area contributed by atoms with Crippen LogP contribution in [0.25, 0.3) is 0 Å². The maximum Gasteiger partial charge on any atom is 0.304 e. The molecule has 0 saturated carbocycles. The van der Waals surface area contributed by atoms with Gasteiger partial charge in [-0.1, -0.05) is 42.0 Å². The largest absolute Gasteiger partial charge is 0.497 e. The van der Waals surface area contributed by atoms with Crippen LogP contribution in [-0.2, 0) is 4.79 Å². The van der Waals surface area contributed by atoms with Crippen LogP contribution < -0.4 is 4.74 Å². The zero-order valence-corrected chi connectivity index (χ0v) is 11.7. The molecule has 1 N–H and O–H groups in total. The lowest BCUT2D eigenvalue weighted by molar-refractivity contribution is -0.137. The van der Waals surface area contributed by atoms with Crippen LogP contribution in [0.2, 0.25) is 0 Å². The van der Waals surface area contributed by atoms with Crippen LogP contribution in [0.1, 0.15) is 29.0 Å². The van der Waals surface area contributed by atoms with Crippen molar-refractivity contribution in [2.45, 2.75) is 19.3 Å². The third-order valence-corrected chi connectivity index (χ3v) is 3.35. The fraction of sp³-hybridized carbons (Fsp3) is 0.235. The predicted octanol–water partition coefficient (Wildman–Crippen LogP) is 3.61. The van der Waals surface area contributed by atoms with Crippen LogP contribution in [0.5, 0.6) is 5.75 Å². The van der Waals surface area contributed by atoms with Crippen molar-refractivity contribution in [1.82, 2.24) is 0 Å². The number of rotatable bonds is 5. The molecule has 0 aliphatic heterocycles. The maximum absolute atomic E-state index is 11.1. The number of hydrogen-bond donors (Lipinski definition) is 1. The zero-order valence-electron chi connectivity index (χ0n) is 11.7. The van der Waals surface area contributed by atoms with E-state index in [1.54, 1.807) is 7.11 Å². The van der Waals surface area contributed by atoms with E-state index < -0.39 is 5.97 Å². The van der Waals surface area contributed by atoms with Crippen LogP contribution in [0.4, 0.5) is 0 Å². The maximum atomic E-state index is 11.1. The van der Waals surface area contributed by atoms with Crippen molar-refractivity contribution in [2.24, 2.45) is 0 Å². The number of benzene rings is 2. The standard InChI is InChI=1S/C17H18O3/c1-12-6-8-13(9-7-12)16(11-17(18)19)14-4-3-5-15(10-14)20-2/h3-10,16H,11H2,1-2H3,(H,18,19). The first kappa shape index (κ1) is 14.1. The lowest BCUT2D eigenvalue weighted by Gasteiger charge is -2.17. The van der Waals surface area contributed by atoms with Gasteiger partial charge in [-0.15, -0.1) is 0 Å². The molecule has 2 aromatic carbocycles. The number of methoxy groups -OCH3 is 1. The highest BCUT2D eigenvalue weighted by Crippen LogP contribution is 2.30. The predicted molar refractivity (Wildman–Crippen MR) is 78.3 cm³/mol. The third kappa shape index (κ3) is 3.38. The Labute approximate surface area is 118 Å². The number of aliphatic carboxylic acids is 1. The van der Waals surface area contributed by atoms with Gasteiger partial charge >= 0.3 is 5.97 Å². The number of ether oxygens (including phenoxy) is 1. The van der Waals surface area contributed by atoms with E-state index in [0.29, 0.717) is 0 Å². The summed E-state index contributed by atoms with van der Waals surface area (Å²) < 4.78 is 5.22.